The number of benzene rings is 1. The molecule has 0 saturated carbocycles. The Morgan fingerprint density at radius 1 is 1.25 bits per heavy atom. The lowest BCUT2D eigenvalue weighted by Crippen LogP contribution is -2.11. The fourth-order valence-electron chi connectivity index (χ4n) is 1.29. The van der Waals surface area contributed by atoms with Gasteiger partial charge in [-0.3, -0.25) is 4.79 Å². The number of carbonyl (C=O) groups is 1. The van der Waals surface area contributed by atoms with E-state index in [0.29, 0.717) is 6.07 Å². The summed E-state index contributed by atoms with van der Waals surface area (Å²) in [6, 6.07) is 2.50. The Morgan fingerprint density at radius 2 is 1.88 bits per heavy atom. The number of hydrogen-bond acceptors (Lipinski definition) is 3. The van der Waals surface area contributed by atoms with Crippen LogP contribution in [0.4, 0.5) is 8.78 Å². The van der Waals surface area contributed by atoms with Gasteiger partial charge in [-0.05, 0) is 12.1 Å². The average molecular weight is 224 g/mol. The van der Waals surface area contributed by atoms with Gasteiger partial charge in [0.25, 0.3) is 5.91 Å². The second-order valence-electron chi connectivity index (χ2n) is 3.09. The molecule has 0 radical (unpaired) electrons. The molecule has 0 aromatic heterocycles. The van der Waals surface area contributed by atoms with Gasteiger partial charge in [0, 0.05) is 11.6 Å². The predicted molar refractivity (Wildman–Crippen MR) is 52.5 cm³/mol. The molecule has 4 nitrogen and oxygen atoms in total. The van der Waals surface area contributed by atoms with Crippen molar-refractivity contribution in [1.82, 2.24) is 5.32 Å². The molecule has 16 heavy (non-hydrogen) atoms. The Bertz CT molecular complexity index is 503. The van der Waals surface area contributed by atoms with Crippen LogP contribution in [0.25, 0.3) is 5.76 Å². The topological polar surface area (TPSA) is 61.7 Å². The monoisotopic (exact) mass is 224 g/mol. The molecule has 2 rings (SSSR count). The van der Waals surface area contributed by atoms with Crippen molar-refractivity contribution in [3.8, 4) is 0 Å². The van der Waals surface area contributed by atoms with Crippen LogP contribution in [0.5, 0.6) is 0 Å². The fraction of sp³-hybridized carbons (Fsp3) is 0. The van der Waals surface area contributed by atoms with E-state index in [1.165, 1.54) is 0 Å². The minimum atomic E-state index is -0.839. The van der Waals surface area contributed by atoms with Gasteiger partial charge in [-0.15, -0.1) is 0 Å². The van der Waals surface area contributed by atoms with E-state index < -0.39 is 23.3 Å². The van der Waals surface area contributed by atoms with Crippen molar-refractivity contribution in [2.24, 2.45) is 4.99 Å². The molecule has 0 fully saturated rings. The summed E-state index contributed by atoms with van der Waals surface area (Å²) >= 11 is 0. The van der Waals surface area contributed by atoms with E-state index in [9.17, 15) is 18.7 Å². The maximum atomic E-state index is 12.9. The summed E-state index contributed by atoms with van der Waals surface area (Å²) < 4.78 is 25.7. The Kier molecular flexibility index (Phi) is 2.40. The van der Waals surface area contributed by atoms with Crippen LogP contribution in [0, 0.1) is 11.6 Å². The molecule has 6 heteroatoms. The molecule has 1 aliphatic heterocycles. The average Bonchev–Trinajstić information content (AvgIpc) is 2.62. The molecule has 1 aliphatic rings. The first-order chi connectivity index (χ1) is 7.58. The first-order valence-electron chi connectivity index (χ1n) is 4.31. The van der Waals surface area contributed by atoms with E-state index in [4.69, 9.17) is 0 Å². The number of aliphatic imine (C=N–C) groups is 1. The number of halogens is 2. The van der Waals surface area contributed by atoms with Crippen LogP contribution in [0.15, 0.2) is 28.9 Å². The molecule has 0 spiro atoms. The van der Waals surface area contributed by atoms with E-state index in [-0.39, 0.29) is 11.3 Å². The molecular formula is C10H6F2N2O2. The van der Waals surface area contributed by atoms with Crippen LogP contribution in [-0.4, -0.2) is 17.4 Å². The van der Waals surface area contributed by atoms with Gasteiger partial charge < -0.3 is 10.4 Å². The summed E-state index contributed by atoms with van der Waals surface area (Å²) in [6.07, 6.45) is 1.09. The van der Waals surface area contributed by atoms with E-state index >= 15 is 0 Å². The zero-order valence-corrected chi connectivity index (χ0v) is 7.87. The summed E-state index contributed by atoms with van der Waals surface area (Å²) in [7, 11) is 0. The van der Waals surface area contributed by atoms with Crippen molar-refractivity contribution in [3.05, 3.63) is 41.1 Å². The number of nitrogens with one attached hydrogen (secondary N) is 1. The molecule has 2 N–H and O–H groups in total. The Morgan fingerprint density at radius 3 is 2.38 bits per heavy atom. The highest BCUT2D eigenvalue weighted by molar-refractivity contribution is 6.08. The van der Waals surface area contributed by atoms with Crippen molar-refractivity contribution in [3.63, 3.8) is 0 Å². The second kappa shape index (κ2) is 3.73. The number of amides is 1. The van der Waals surface area contributed by atoms with Gasteiger partial charge in [0.2, 0.25) is 0 Å². The number of rotatable bonds is 1. The van der Waals surface area contributed by atoms with Crippen molar-refractivity contribution >= 4 is 18.0 Å². The SMILES string of the molecule is O=C1N=CNC1=C(O)c1cc(F)cc(F)c1. The molecule has 1 amide bonds. The largest absolute Gasteiger partial charge is 0.505 e. The van der Waals surface area contributed by atoms with Crippen LogP contribution in [0.2, 0.25) is 0 Å². The van der Waals surface area contributed by atoms with Crippen LogP contribution >= 0.6 is 0 Å². The molecule has 0 unspecified atom stereocenters. The van der Waals surface area contributed by atoms with Gasteiger partial charge in [0.1, 0.15) is 11.6 Å². The maximum absolute atomic E-state index is 12.9. The van der Waals surface area contributed by atoms with E-state index in [0.717, 1.165) is 18.5 Å². The van der Waals surface area contributed by atoms with Gasteiger partial charge in [-0.1, -0.05) is 0 Å². The molecule has 0 atom stereocenters. The maximum Gasteiger partial charge on any atom is 0.298 e. The number of aliphatic hydroxyl groups excluding tert-OH is 1. The zero-order valence-electron chi connectivity index (χ0n) is 7.87. The molecule has 1 heterocycles. The number of hydrogen-bond donors (Lipinski definition) is 2. The standard InChI is InChI=1S/C10H6F2N2O2/c11-6-1-5(2-7(12)3-6)9(15)8-10(16)14-4-13-8/h1-4,15H,(H,13,14,16). The van der Waals surface area contributed by atoms with Crippen molar-refractivity contribution < 1.29 is 18.7 Å². The highest BCUT2D eigenvalue weighted by atomic mass is 19.1. The molecule has 82 valence electrons. The molecule has 1 aromatic carbocycles. The van der Waals surface area contributed by atoms with E-state index in [2.05, 4.69) is 10.3 Å². The van der Waals surface area contributed by atoms with Gasteiger partial charge in [-0.25, -0.2) is 8.78 Å². The number of carbonyl (C=O) groups excluding carboxylic acids is 1. The summed E-state index contributed by atoms with van der Waals surface area (Å²) in [6.45, 7) is 0. The third kappa shape index (κ3) is 1.77. The second-order valence-corrected chi connectivity index (χ2v) is 3.09. The van der Waals surface area contributed by atoms with Crippen LogP contribution in [0.3, 0.4) is 0 Å². The Labute approximate surface area is 88.9 Å². The smallest absolute Gasteiger partial charge is 0.298 e. The third-order valence-corrected chi connectivity index (χ3v) is 1.98. The first-order valence-corrected chi connectivity index (χ1v) is 4.31. The van der Waals surface area contributed by atoms with Crippen LogP contribution in [0.1, 0.15) is 5.56 Å². The quantitative estimate of drug-likeness (QED) is 0.559. The minimum Gasteiger partial charge on any atom is -0.505 e. The van der Waals surface area contributed by atoms with Gasteiger partial charge in [0.15, 0.2) is 11.5 Å². The summed E-state index contributed by atoms with van der Waals surface area (Å²) in [5, 5.41) is 12.0. The fourth-order valence-corrected chi connectivity index (χ4v) is 1.29. The van der Waals surface area contributed by atoms with Crippen molar-refractivity contribution in [2.45, 2.75) is 0 Å². The third-order valence-electron chi connectivity index (χ3n) is 1.98. The van der Waals surface area contributed by atoms with Gasteiger partial charge >= 0.3 is 0 Å². The first kappa shape index (κ1) is 10.3. The Balaban J connectivity index is 2.48. The lowest BCUT2D eigenvalue weighted by molar-refractivity contribution is -0.114. The van der Waals surface area contributed by atoms with Crippen molar-refractivity contribution in [1.29, 1.82) is 0 Å². The lowest BCUT2D eigenvalue weighted by Gasteiger charge is -2.04. The summed E-state index contributed by atoms with van der Waals surface area (Å²) in [5.74, 6) is -2.91. The van der Waals surface area contributed by atoms with E-state index in [1.807, 2.05) is 0 Å². The lowest BCUT2D eigenvalue weighted by atomic mass is 10.1. The van der Waals surface area contributed by atoms with Crippen LogP contribution in [-0.2, 0) is 4.79 Å². The molecule has 0 bridgehead atoms. The normalized spacial score (nSPS) is 17.5. The number of aliphatic hydroxyl groups is 1. The minimum absolute atomic E-state index is 0.126. The van der Waals surface area contributed by atoms with Crippen LogP contribution < -0.4 is 5.32 Å². The zero-order chi connectivity index (χ0) is 11.7. The summed E-state index contributed by atoms with van der Waals surface area (Å²) in [4.78, 5) is 14.4. The van der Waals surface area contributed by atoms with Crippen molar-refractivity contribution in [2.75, 3.05) is 0 Å². The van der Waals surface area contributed by atoms with Gasteiger partial charge in [-0.2, -0.15) is 4.99 Å². The number of nitrogens with zero attached hydrogens (tertiary/aromatic N) is 1. The molecule has 0 saturated heterocycles. The highest BCUT2D eigenvalue weighted by Crippen LogP contribution is 2.19. The predicted octanol–water partition coefficient (Wildman–Crippen LogP) is 1.35. The molecular weight excluding hydrogens is 218 g/mol. The molecule has 0 aliphatic carbocycles. The summed E-state index contributed by atoms with van der Waals surface area (Å²) in [5.41, 5.74) is -0.330. The van der Waals surface area contributed by atoms with Gasteiger partial charge in [0.05, 0.1) is 6.34 Å². The van der Waals surface area contributed by atoms with E-state index in [1.54, 1.807) is 0 Å². The highest BCUT2D eigenvalue weighted by Gasteiger charge is 2.19. The Hall–Kier alpha value is -2.24. The molecule has 1 aromatic rings.